The third kappa shape index (κ3) is 3.54. The van der Waals surface area contributed by atoms with E-state index >= 15 is 0 Å². The van der Waals surface area contributed by atoms with Gasteiger partial charge < -0.3 is 15.2 Å². The van der Waals surface area contributed by atoms with Crippen molar-refractivity contribution in [3.05, 3.63) is 23.8 Å². The van der Waals surface area contributed by atoms with E-state index in [1.165, 1.54) is 0 Å². The maximum absolute atomic E-state index is 12.4. The van der Waals surface area contributed by atoms with Crippen LogP contribution in [0.1, 0.15) is 18.5 Å². The van der Waals surface area contributed by atoms with Crippen LogP contribution in [0.5, 0.6) is 11.5 Å². The lowest BCUT2D eigenvalue weighted by atomic mass is 10.1. The summed E-state index contributed by atoms with van der Waals surface area (Å²) >= 11 is 0. The van der Waals surface area contributed by atoms with E-state index in [4.69, 9.17) is 15.2 Å². The SMILES string of the molecule is CCOc1ccc([C@@H](N)CF)cc1OC.Cl. The van der Waals surface area contributed by atoms with Crippen LogP contribution in [-0.2, 0) is 0 Å². The van der Waals surface area contributed by atoms with E-state index in [9.17, 15) is 4.39 Å². The van der Waals surface area contributed by atoms with Crippen LogP contribution in [-0.4, -0.2) is 20.4 Å². The van der Waals surface area contributed by atoms with Crippen LogP contribution >= 0.6 is 12.4 Å². The molecule has 0 amide bonds. The molecule has 0 fully saturated rings. The van der Waals surface area contributed by atoms with Crippen molar-refractivity contribution in [1.29, 1.82) is 0 Å². The third-order valence-electron chi connectivity index (χ3n) is 2.08. The van der Waals surface area contributed by atoms with Crippen molar-refractivity contribution in [2.75, 3.05) is 20.4 Å². The Morgan fingerprint density at radius 1 is 1.38 bits per heavy atom. The second-order valence-corrected chi connectivity index (χ2v) is 3.10. The molecule has 0 radical (unpaired) electrons. The summed E-state index contributed by atoms with van der Waals surface area (Å²) in [5.41, 5.74) is 6.28. The second-order valence-electron chi connectivity index (χ2n) is 3.10. The Hall–Kier alpha value is -1.00. The summed E-state index contributed by atoms with van der Waals surface area (Å²) in [5, 5.41) is 0. The van der Waals surface area contributed by atoms with Crippen molar-refractivity contribution in [3.8, 4) is 11.5 Å². The van der Waals surface area contributed by atoms with E-state index in [0.717, 1.165) is 0 Å². The molecule has 1 rings (SSSR count). The largest absolute Gasteiger partial charge is 0.493 e. The molecule has 2 N–H and O–H groups in total. The Morgan fingerprint density at radius 3 is 2.56 bits per heavy atom. The molecule has 0 bridgehead atoms. The molecular formula is C11H17ClFNO2. The zero-order valence-electron chi connectivity index (χ0n) is 9.40. The number of hydrogen-bond acceptors (Lipinski definition) is 3. The van der Waals surface area contributed by atoms with Gasteiger partial charge in [-0.25, -0.2) is 4.39 Å². The van der Waals surface area contributed by atoms with E-state index in [-0.39, 0.29) is 12.4 Å². The van der Waals surface area contributed by atoms with Crippen molar-refractivity contribution < 1.29 is 13.9 Å². The molecule has 92 valence electrons. The summed E-state index contributed by atoms with van der Waals surface area (Å²) in [6, 6.07) is 4.59. The minimum Gasteiger partial charge on any atom is -0.493 e. The molecule has 1 aromatic carbocycles. The average molecular weight is 250 g/mol. The number of benzene rings is 1. The van der Waals surface area contributed by atoms with Gasteiger partial charge >= 0.3 is 0 Å². The van der Waals surface area contributed by atoms with Gasteiger partial charge in [0.1, 0.15) is 6.67 Å². The first-order valence-corrected chi connectivity index (χ1v) is 4.85. The quantitative estimate of drug-likeness (QED) is 0.872. The van der Waals surface area contributed by atoms with Crippen molar-refractivity contribution in [3.63, 3.8) is 0 Å². The second kappa shape index (κ2) is 7.30. The molecular weight excluding hydrogens is 233 g/mol. The van der Waals surface area contributed by atoms with Crippen molar-refractivity contribution in [1.82, 2.24) is 0 Å². The normalized spacial score (nSPS) is 11.5. The lowest BCUT2D eigenvalue weighted by Gasteiger charge is -2.13. The van der Waals surface area contributed by atoms with Crippen LogP contribution in [0.15, 0.2) is 18.2 Å². The van der Waals surface area contributed by atoms with Crippen LogP contribution in [0.3, 0.4) is 0 Å². The van der Waals surface area contributed by atoms with Crippen LogP contribution in [0.25, 0.3) is 0 Å². The summed E-state index contributed by atoms with van der Waals surface area (Å²) in [4.78, 5) is 0. The fraction of sp³-hybridized carbons (Fsp3) is 0.455. The number of ether oxygens (including phenoxy) is 2. The molecule has 1 atom stereocenters. The molecule has 5 heteroatoms. The zero-order valence-corrected chi connectivity index (χ0v) is 10.2. The standard InChI is InChI=1S/C11H16FNO2.ClH/c1-3-15-10-5-4-8(9(13)7-12)6-11(10)14-2;/h4-6,9H,3,7,13H2,1-2H3;1H/t9-;/m0./s1. The van der Waals surface area contributed by atoms with E-state index in [1.54, 1.807) is 25.3 Å². The number of halogens is 2. The predicted molar refractivity (Wildman–Crippen MR) is 64.3 cm³/mol. The summed E-state index contributed by atoms with van der Waals surface area (Å²) in [7, 11) is 1.54. The number of methoxy groups -OCH3 is 1. The predicted octanol–water partition coefficient (Wildman–Crippen LogP) is 2.49. The third-order valence-corrected chi connectivity index (χ3v) is 2.08. The van der Waals surface area contributed by atoms with Gasteiger partial charge in [-0.05, 0) is 24.6 Å². The fourth-order valence-electron chi connectivity index (χ4n) is 1.28. The van der Waals surface area contributed by atoms with Crippen LogP contribution in [0.2, 0.25) is 0 Å². The van der Waals surface area contributed by atoms with Gasteiger partial charge in [0.2, 0.25) is 0 Å². The highest BCUT2D eigenvalue weighted by molar-refractivity contribution is 5.85. The molecule has 0 aliphatic rings. The van der Waals surface area contributed by atoms with E-state index in [2.05, 4.69) is 0 Å². The number of nitrogens with two attached hydrogens (primary N) is 1. The molecule has 0 spiro atoms. The number of hydrogen-bond donors (Lipinski definition) is 1. The van der Waals surface area contributed by atoms with Crippen molar-refractivity contribution >= 4 is 12.4 Å². The highest BCUT2D eigenvalue weighted by Gasteiger charge is 2.10. The highest BCUT2D eigenvalue weighted by atomic mass is 35.5. The van der Waals surface area contributed by atoms with Gasteiger partial charge in [-0.2, -0.15) is 0 Å². The number of rotatable bonds is 5. The topological polar surface area (TPSA) is 44.5 Å². The van der Waals surface area contributed by atoms with Crippen molar-refractivity contribution in [2.45, 2.75) is 13.0 Å². The van der Waals surface area contributed by atoms with E-state index in [0.29, 0.717) is 23.7 Å². The average Bonchev–Trinajstić information content (AvgIpc) is 2.29. The maximum atomic E-state index is 12.4. The summed E-state index contributed by atoms with van der Waals surface area (Å²) in [6.07, 6.45) is 0. The molecule has 0 saturated heterocycles. The maximum Gasteiger partial charge on any atom is 0.161 e. The molecule has 0 saturated carbocycles. The minimum absolute atomic E-state index is 0. The van der Waals surface area contributed by atoms with Gasteiger partial charge in [0.05, 0.1) is 19.8 Å². The molecule has 1 aromatic rings. The summed E-state index contributed by atoms with van der Waals surface area (Å²) in [6.45, 7) is 1.86. The zero-order chi connectivity index (χ0) is 11.3. The van der Waals surface area contributed by atoms with E-state index in [1.807, 2.05) is 6.92 Å². The molecule has 0 aliphatic carbocycles. The van der Waals surface area contributed by atoms with Crippen LogP contribution in [0, 0.1) is 0 Å². The monoisotopic (exact) mass is 249 g/mol. The van der Waals surface area contributed by atoms with Gasteiger partial charge in [0.15, 0.2) is 11.5 Å². The smallest absolute Gasteiger partial charge is 0.161 e. The van der Waals surface area contributed by atoms with Gasteiger partial charge in [-0.1, -0.05) is 6.07 Å². The Labute approximate surface area is 101 Å². The van der Waals surface area contributed by atoms with Crippen LogP contribution in [0.4, 0.5) is 4.39 Å². The minimum atomic E-state index is -0.602. The lowest BCUT2D eigenvalue weighted by Crippen LogP contribution is -2.12. The Bertz CT molecular complexity index is 323. The lowest BCUT2D eigenvalue weighted by molar-refractivity contribution is 0.310. The fourth-order valence-corrected chi connectivity index (χ4v) is 1.28. The Balaban J connectivity index is 0.00000225. The summed E-state index contributed by atoms with van der Waals surface area (Å²) in [5.74, 6) is 1.23. The van der Waals surface area contributed by atoms with Gasteiger partial charge in [-0.3, -0.25) is 0 Å². The Kier molecular flexibility index (Phi) is 6.85. The molecule has 0 heterocycles. The number of alkyl halides is 1. The van der Waals surface area contributed by atoms with Gasteiger partial charge in [0, 0.05) is 0 Å². The van der Waals surface area contributed by atoms with Gasteiger partial charge in [-0.15, -0.1) is 12.4 Å². The van der Waals surface area contributed by atoms with Crippen molar-refractivity contribution in [2.24, 2.45) is 5.73 Å². The highest BCUT2D eigenvalue weighted by Crippen LogP contribution is 2.29. The Morgan fingerprint density at radius 2 is 2.06 bits per heavy atom. The summed E-state index contributed by atoms with van der Waals surface area (Å²) < 4.78 is 22.8. The molecule has 3 nitrogen and oxygen atoms in total. The molecule has 16 heavy (non-hydrogen) atoms. The molecule has 0 aliphatic heterocycles. The molecule has 0 aromatic heterocycles. The molecule has 0 unspecified atom stereocenters. The van der Waals surface area contributed by atoms with Crippen LogP contribution < -0.4 is 15.2 Å². The first-order chi connectivity index (χ1) is 7.22. The van der Waals surface area contributed by atoms with Gasteiger partial charge in [0.25, 0.3) is 0 Å². The first kappa shape index (κ1) is 15.0. The first-order valence-electron chi connectivity index (χ1n) is 4.85. The van der Waals surface area contributed by atoms with E-state index < -0.39 is 12.7 Å².